The largest absolute Gasteiger partial charge is 0.481 e. The number of aromatic carboxylic acids is 1. The summed E-state index contributed by atoms with van der Waals surface area (Å²) in [7, 11) is 0. The van der Waals surface area contributed by atoms with Crippen LogP contribution in [0.3, 0.4) is 0 Å². The molecule has 1 unspecified atom stereocenters. The molecule has 0 saturated heterocycles. The second-order valence-electron chi connectivity index (χ2n) is 4.73. The number of carboxylic acid groups (broad SMARTS) is 1. The molecule has 5 nitrogen and oxygen atoms in total. The Morgan fingerprint density at radius 1 is 1.33 bits per heavy atom. The number of carbonyl (C=O) groups excluding carboxylic acids is 1. The number of hydrogen-bond acceptors (Lipinski definition) is 3. The van der Waals surface area contributed by atoms with Crippen LogP contribution in [-0.2, 0) is 4.79 Å². The summed E-state index contributed by atoms with van der Waals surface area (Å²) in [6, 6.07) is 3.48. The fourth-order valence-electron chi connectivity index (χ4n) is 1.81. The molecule has 0 spiro atoms. The van der Waals surface area contributed by atoms with Crippen molar-refractivity contribution in [3.8, 4) is 5.75 Å². The first-order valence-corrected chi connectivity index (χ1v) is 6.88. The molecule has 0 fully saturated rings. The fraction of sp³-hybridized carbons (Fsp3) is 0.467. The number of halogens is 1. The zero-order valence-corrected chi connectivity index (χ0v) is 12.4. The monoisotopic (exact) mass is 297 g/mol. The summed E-state index contributed by atoms with van der Waals surface area (Å²) in [5, 5.41) is 11.6. The summed E-state index contributed by atoms with van der Waals surface area (Å²) in [5.74, 6) is -2.41. The van der Waals surface area contributed by atoms with Gasteiger partial charge in [0.15, 0.2) is 6.10 Å². The van der Waals surface area contributed by atoms with Crippen LogP contribution in [0.15, 0.2) is 18.2 Å². The van der Waals surface area contributed by atoms with Gasteiger partial charge in [-0.15, -0.1) is 0 Å². The molecule has 1 aromatic carbocycles. The van der Waals surface area contributed by atoms with Crippen molar-refractivity contribution in [3.05, 3.63) is 29.6 Å². The van der Waals surface area contributed by atoms with Gasteiger partial charge in [-0.05, 0) is 31.9 Å². The van der Waals surface area contributed by atoms with Gasteiger partial charge in [0.05, 0.1) is 5.56 Å². The number of hydrogen-bond donors (Lipinski definition) is 2. The third-order valence-corrected chi connectivity index (χ3v) is 3.19. The molecule has 0 aliphatic heterocycles. The number of carbonyl (C=O) groups is 2. The second kappa shape index (κ2) is 7.61. The van der Waals surface area contributed by atoms with E-state index in [9.17, 15) is 14.0 Å². The van der Waals surface area contributed by atoms with Crippen molar-refractivity contribution in [1.29, 1.82) is 0 Å². The van der Waals surface area contributed by atoms with Crippen LogP contribution in [0.5, 0.6) is 5.75 Å². The smallest absolute Gasteiger partial charge is 0.338 e. The zero-order valence-electron chi connectivity index (χ0n) is 12.4. The number of ether oxygens (including phenoxy) is 1. The van der Waals surface area contributed by atoms with Crippen molar-refractivity contribution in [1.82, 2.24) is 5.32 Å². The Kier molecular flexibility index (Phi) is 6.14. The predicted octanol–water partition coefficient (Wildman–Crippen LogP) is 2.60. The normalized spacial score (nSPS) is 12.0. The minimum absolute atomic E-state index is 0.0784. The molecule has 1 rings (SSSR count). The van der Waals surface area contributed by atoms with E-state index in [1.54, 1.807) is 6.92 Å². The number of rotatable bonds is 7. The average molecular weight is 297 g/mol. The molecule has 0 aromatic heterocycles. The molecule has 21 heavy (non-hydrogen) atoms. The highest BCUT2D eigenvalue weighted by molar-refractivity contribution is 5.88. The van der Waals surface area contributed by atoms with E-state index in [2.05, 4.69) is 5.32 Å². The maximum absolute atomic E-state index is 13.5. The summed E-state index contributed by atoms with van der Waals surface area (Å²) in [5.41, 5.74) is -0.434. The first kappa shape index (κ1) is 16.9. The highest BCUT2D eigenvalue weighted by Gasteiger charge is 2.18. The quantitative estimate of drug-likeness (QED) is 0.811. The molecule has 6 heteroatoms. The highest BCUT2D eigenvalue weighted by Crippen LogP contribution is 2.18. The predicted molar refractivity (Wildman–Crippen MR) is 76.0 cm³/mol. The summed E-state index contributed by atoms with van der Waals surface area (Å²) in [6.07, 6.45) is 0.842. The van der Waals surface area contributed by atoms with Crippen molar-refractivity contribution in [3.63, 3.8) is 0 Å². The van der Waals surface area contributed by atoms with Gasteiger partial charge in [0, 0.05) is 12.1 Å². The van der Waals surface area contributed by atoms with E-state index in [0.717, 1.165) is 25.0 Å². The Morgan fingerprint density at radius 2 is 1.95 bits per heavy atom. The van der Waals surface area contributed by atoms with E-state index in [0.29, 0.717) is 0 Å². The van der Waals surface area contributed by atoms with Gasteiger partial charge in [-0.2, -0.15) is 0 Å². The minimum Gasteiger partial charge on any atom is -0.481 e. The first-order chi connectivity index (χ1) is 9.88. The van der Waals surface area contributed by atoms with Crippen LogP contribution in [0, 0.1) is 5.82 Å². The third kappa shape index (κ3) is 4.73. The highest BCUT2D eigenvalue weighted by atomic mass is 19.1. The van der Waals surface area contributed by atoms with Gasteiger partial charge in [-0.25, -0.2) is 9.18 Å². The lowest BCUT2D eigenvalue weighted by atomic mass is 10.1. The Balaban J connectivity index is 2.70. The van der Waals surface area contributed by atoms with Crippen molar-refractivity contribution in [2.45, 2.75) is 45.8 Å². The van der Waals surface area contributed by atoms with Crippen LogP contribution in [0.25, 0.3) is 0 Å². The van der Waals surface area contributed by atoms with Gasteiger partial charge in [-0.1, -0.05) is 13.8 Å². The van der Waals surface area contributed by atoms with Crippen LogP contribution in [0.1, 0.15) is 44.0 Å². The van der Waals surface area contributed by atoms with E-state index < -0.39 is 23.5 Å². The van der Waals surface area contributed by atoms with E-state index >= 15 is 0 Å². The molecule has 1 amide bonds. The summed E-state index contributed by atoms with van der Waals surface area (Å²) in [4.78, 5) is 22.6. The van der Waals surface area contributed by atoms with Crippen LogP contribution >= 0.6 is 0 Å². The topological polar surface area (TPSA) is 75.6 Å². The molecule has 0 heterocycles. The minimum atomic E-state index is -1.35. The van der Waals surface area contributed by atoms with Crippen LogP contribution in [0.4, 0.5) is 4.39 Å². The van der Waals surface area contributed by atoms with Gasteiger partial charge in [0.25, 0.3) is 5.91 Å². The van der Waals surface area contributed by atoms with Gasteiger partial charge in [0.1, 0.15) is 11.6 Å². The second-order valence-corrected chi connectivity index (χ2v) is 4.73. The Labute approximate surface area is 123 Å². The number of benzene rings is 1. The molecule has 116 valence electrons. The molecule has 0 radical (unpaired) electrons. The van der Waals surface area contributed by atoms with E-state index in [-0.39, 0.29) is 17.7 Å². The Hall–Kier alpha value is -2.11. The van der Waals surface area contributed by atoms with E-state index in [1.165, 1.54) is 6.07 Å². The molecule has 0 saturated carbocycles. The summed E-state index contributed by atoms with van der Waals surface area (Å²) >= 11 is 0. The van der Waals surface area contributed by atoms with Crippen molar-refractivity contribution in [2.75, 3.05) is 0 Å². The van der Waals surface area contributed by atoms with Crippen LogP contribution < -0.4 is 10.1 Å². The van der Waals surface area contributed by atoms with Gasteiger partial charge in [-0.3, -0.25) is 4.79 Å². The zero-order chi connectivity index (χ0) is 16.0. The standard InChI is InChI=1S/C15H20FNO4/c1-4-10(5-2)17-14(18)9(3)21-11-6-7-12(15(19)20)13(16)8-11/h6-10H,4-5H2,1-3H3,(H,17,18)(H,19,20). The SMILES string of the molecule is CCC(CC)NC(=O)C(C)Oc1ccc(C(=O)O)c(F)c1. The van der Waals surface area contributed by atoms with Crippen molar-refractivity contribution < 1.29 is 23.8 Å². The van der Waals surface area contributed by atoms with E-state index in [1.807, 2.05) is 13.8 Å². The van der Waals surface area contributed by atoms with Gasteiger partial charge < -0.3 is 15.2 Å². The lowest BCUT2D eigenvalue weighted by Crippen LogP contribution is -2.42. The van der Waals surface area contributed by atoms with Crippen molar-refractivity contribution >= 4 is 11.9 Å². The molecule has 0 bridgehead atoms. The molecule has 0 aliphatic rings. The van der Waals surface area contributed by atoms with Crippen LogP contribution in [0.2, 0.25) is 0 Å². The Morgan fingerprint density at radius 3 is 2.43 bits per heavy atom. The molecule has 2 N–H and O–H groups in total. The first-order valence-electron chi connectivity index (χ1n) is 6.88. The molecular weight excluding hydrogens is 277 g/mol. The maximum Gasteiger partial charge on any atom is 0.338 e. The number of nitrogens with one attached hydrogen (secondary N) is 1. The number of carboxylic acids is 1. The molecule has 1 aromatic rings. The van der Waals surface area contributed by atoms with E-state index in [4.69, 9.17) is 9.84 Å². The summed E-state index contributed by atoms with van der Waals surface area (Å²) < 4.78 is 18.8. The van der Waals surface area contributed by atoms with Gasteiger partial charge in [0.2, 0.25) is 0 Å². The molecule has 1 atom stereocenters. The average Bonchev–Trinajstić information content (AvgIpc) is 2.44. The van der Waals surface area contributed by atoms with Crippen molar-refractivity contribution in [2.24, 2.45) is 0 Å². The summed E-state index contributed by atoms with van der Waals surface area (Å²) in [6.45, 7) is 5.50. The maximum atomic E-state index is 13.5. The lowest BCUT2D eigenvalue weighted by molar-refractivity contribution is -0.128. The Bertz CT molecular complexity index is 514. The third-order valence-electron chi connectivity index (χ3n) is 3.19. The fourth-order valence-corrected chi connectivity index (χ4v) is 1.81. The molecular formula is C15H20FNO4. The van der Waals surface area contributed by atoms with Gasteiger partial charge >= 0.3 is 5.97 Å². The number of amides is 1. The van der Waals surface area contributed by atoms with Crippen LogP contribution in [-0.4, -0.2) is 29.1 Å². The lowest BCUT2D eigenvalue weighted by Gasteiger charge is -2.19. The molecule has 0 aliphatic carbocycles.